The summed E-state index contributed by atoms with van der Waals surface area (Å²) in [7, 11) is 0. The first kappa shape index (κ1) is 27.6. The van der Waals surface area contributed by atoms with Gasteiger partial charge in [-0.15, -0.1) is 0 Å². The molecule has 0 radical (unpaired) electrons. The van der Waals surface area contributed by atoms with Crippen molar-refractivity contribution in [1.29, 1.82) is 0 Å². The van der Waals surface area contributed by atoms with Gasteiger partial charge in [0, 0.05) is 43.4 Å². The van der Waals surface area contributed by atoms with Crippen molar-refractivity contribution in [3.8, 4) is 17.1 Å². The highest BCUT2D eigenvalue weighted by molar-refractivity contribution is 5.98. The van der Waals surface area contributed by atoms with E-state index in [9.17, 15) is 37.5 Å². The van der Waals surface area contributed by atoms with Crippen LogP contribution in [0.3, 0.4) is 0 Å². The lowest BCUT2D eigenvalue weighted by atomic mass is 10.0. The lowest BCUT2D eigenvalue weighted by molar-refractivity contribution is -0.148. The molecule has 0 unspecified atom stereocenters. The topological polar surface area (TPSA) is 122 Å². The summed E-state index contributed by atoms with van der Waals surface area (Å²) in [6.45, 7) is -0.0605. The maximum atomic E-state index is 13.8. The number of hydrogen-bond acceptors (Lipinski definition) is 5. The summed E-state index contributed by atoms with van der Waals surface area (Å²) in [6, 6.07) is 10.1. The molecular weight excluding hydrogens is 517 g/mol. The van der Waals surface area contributed by atoms with Crippen LogP contribution in [0.4, 0.5) is 13.2 Å². The van der Waals surface area contributed by atoms with E-state index in [0.717, 1.165) is 11.0 Å². The summed E-state index contributed by atoms with van der Waals surface area (Å²) in [5, 5.41) is 11.9. The van der Waals surface area contributed by atoms with Gasteiger partial charge in [0.1, 0.15) is 5.82 Å². The Kier molecular flexibility index (Phi) is 8.12. The van der Waals surface area contributed by atoms with Crippen LogP contribution in [-0.2, 0) is 20.6 Å². The number of carboxylic acids is 1. The van der Waals surface area contributed by atoms with Gasteiger partial charge in [0.25, 0.3) is 5.91 Å². The van der Waals surface area contributed by atoms with Gasteiger partial charge in [-0.25, -0.2) is 4.98 Å². The molecule has 0 spiro atoms. The first-order valence-electron chi connectivity index (χ1n) is 12.2. The number of carbonyl (C=O) groups is 4. The molecule has 1 saturated heterocycles. The number of rotatable bonds is 9. The summed E-state index contributed by atoms with van der Waals surface area (Å²) in [5.74, 6) is -2.37. The van der Waals surface area contributed by atoms with Crippen molar-refractivity contribution in [1.82, 2.24) is 19.8 Å². The Morgan fingerprint density at radius 3 is 2.38 bits per heavy atom. The van der Waals surface area contributed by atoms with Gasteiger partial charge in [-0.2, -0.15) is 13.2 Å². The standard InChI is InChI=1S/C27H25F3N4O5/c28-27(29,30)20-7-2-1-6-19(20)21-14-17(16-34(21)22-8-3-4-12-31-22)26(39)32-18(15-25(37)38)11-13-33-23(35)9-5-10-24(33)36/h1-4,6-8,12,14,16,18H,5,9-11,13,15H2,(H,32,39)(H,37,38)/t18-/m0/s1. The van der Waals surface area contributed by atoms with Crippen LogP contribution >= 0.6 is 0 Å². The second kappa shape index (κ2) is 11.5. The third kappa shape index (κ3) is 6.51. The van der Waals surface area contributed by atoms with Crippen LogP contribution in [0, 0.1) is 0 Å². The molecule has 4 rings (SSSR count). The number of benzene rings is 1. The van der Waals surface area contributed by atoms with E-state index in [0.29, 0.717) is 6.42 Å². The summed E-state index contributed by atoms with van der Waals surface area (Å²) in [4.78, 5) is 54.1. The zero-order chi connectivity index (χ0) is 28.2. The van der Waals surface area contributed by atoms with Crippen molar-refractivity contribution in [2.75, 3.05) is 6.54 Å². The minimum atomic E-state index is -4.66. The predicted molar refractivity (Wildman–Crippen MR) is 133 cm³/mol. The van der Waals surface area contributed by atoms with Crippen molar-refractivity contribution < 1.29 is 37.5 Å². The van der Waals surface area contributed by atoms with E-state index in [4.69, 9.17) is 0 Å². The van der Waals surface area contributed by atoms with Crippen LogP contribution in [0.1, 0.15) is 48.0 Å². The summed E-state index contributed by atoms with van der Waals surface area (Å²) >= 11 is 0. The maximum Gasteiger partial charge on any atom is 0.417 e. The summed E-state index contributed by atoms with van der Waals surface area (Å²) < 4.78 is 42.8. The monoisotopic (exact) mass is 542 g/mol. The van der Waals surface area contributed by atoms with Gasteiger partial charge in [-0.1, -0.05) is 24.3 Å². The van der Waals surface area contributed by atoms with Crippen molar-refractivity contribution in [3.05, 3.63) is 72.1 Å². The Bertz CT molecular complexity index is 1370. The van der Waals surface area contributed by atoms with Crippen molar-refractivity contribution in [2.45, 2.75) is 44.3 Å². The lowest BCUT2D eigenvalue weighted by Gasteiger charge is -2.26. The molecule has 3 heterocycles. The molecule has 2 N–H and O–H groups in total. The minimum Gasteiger partial charge on any atom is -0.481 e. The number of amides is 3. The van der Waals surface area contributed by atoms with E-state index >= 15 is 0 Å². The number of nitrogens with zero attached hydrogens (tertiary/aromatic N) is 3. The largest absolute Gasteiger partial charge is 0.481 e. The highest BCUT2D eigenvalue weighted by atomic mass is 19.4. The molecule has 12 heteroatoms. The Balaban J connectivity index is 1.64. The average molecular weight is 543 g/mol. The van der Waals surface area contributed by atoms with Crippen LogP contribution in [-0.4, -0.2) is 55.8 Å². The third-order valence-corrected chi connectivity index (χ3v) is 6.33. The van der Waals surface area contributed by atoms with E-state index in [2.05, 4.69) is 10.3 Å². The summed E-state index contributed by atoms with van der Waals surface area (Å²) in [5.41, 5.74) is -1.02. The third-order valence-electron chi connectivity index (χ3n) is 6.33. The Morgan fingerprint density at radius 1 is 1.05 bits per heavy atom. The van der Waals surface area contributed by atoms with Crippen LogP contribution < -0.4 is 5.32 Å². The highest BCUT2D eigenvalue weighted by Crippen LogP contribution is 2.38. The number of halogens is 3. The quantitative estimate of drug-likeness (QED) is 0.394. The normalized spacial score (nSPS) is 14.8. The molecule has 1 fully saturated rings. The number of likely N-dealkylation sites (tertiary alicyclic amines) is 1. The van der Waals surface area contributed by atoms with E-state index in [-0.39, 0.29) is 60.3 Å². The molecule has 0 saturated carbocycles. The number of alkyl halides is 3. The van der Waals surface area contributed by atoms with Crippen LogP contribution in [0.5, 0.6) is 0 Å². The zero-order valence-corrected chi connectivity index (χ0v) is 20.6. The van der Waals surface area contributed by atoms with Crippen molar-refractivity contribution >= 4 is 23.7 Å². The number of pyridine rings is 1. The number of aliphatic carboxylic acids is 1. The van der Waals surface area contributed by atoms with Gasteiger partial charge in [-0.05, 0) is 37.1 Å². The van der Waals surface area contributed by atoms with Gasteiger partial charge in [0.2, 0.25) is 11.8 Å². The highest BCUT2D eigenvalue weighted by Gasteiger charge is 2.34. The first-order valence-corrected chi connectivity index (χ1v) is 12.2. The van der Waals surface area contributed by atoms with Crippen LogP contribution in [0.15, 0.2) is 60.9 Å². The molecule has 3 aromatic rings. The van der Waals surface area contributed by atoms with Crippen molar-refractivity contribution in [3.63, 3.8) is 0 Å². The number of piperidine rings is 1. The molecule has 3 amide bonds. The SMILES string of the molecule is O=C(O)C[C@H](CCN1C(=O)CCCC1=O)NC(=O)c1cc(-c2ccccc2C(F)(F)F)n(-c2ccccn2)c1. The molecule has 9 nitrogen and oxygen atoms in total. The zero-order valence-electron chi connectivity index (χ0n) is 20.6. The first-order chi connectivity index (χ1) is 18.5. The van der Waals surface area contributed by atoms with Gasteiger partial charge < -0.3 is 15.0 Å². The van der Waals surface area contributed by atoms with Gasteiger partial charge in [0.15, 0.2) is 0 Å². The van der Waals surface area contributed by atoms with Gasteiger partial charge in [0.05, 0.1) is 23.2 Å². The molecule has 1 atom stereocenters. The fourth-order valence-electron chi connectivity index (χ4n) is 4.47. The van der Waals surface area contributed by atoms with Crippen LogP contribution in [0.25, 0.3) is 17.1 Å². The molecule has 1 aliphatic rings. The smallest absolute Gasteiger partial charge is 0.417 e. The van der Waals surface area contributed by atoms with E-state index in [1.807, 2.05) is 0 Å². The van der Waals surface area contributed by atoms with Crippen LogP contribution in [0.2, 0.25) is 0 Å². The van der Waals surface area contributed by atoms with E-state index < -0.39 is 36.1 Å². The molecule has 1 aromatic carbocycles. The predicted octanol–water partition coefficient (Wildman–Crippen LogP) is 4.06. The van der Waals surface area contributed by atoms with Gasteiger partial charge >= 0.3 is 12.1 Å². The van der Waals surface area contributed by atoms with Gasteiger partial charge in [-0.3, -0.25) is 24.1 Å². The van der Waals surface area contributed by atoms with E-state index in [1.54, 1.807) is 18.2 Å². The fraction of sp³-hybridized carbons (Fsp3) is 0.296. The maximum absolute atomic E-state index is 13.8. The lowest BCUT2D eigenvalue weighted by Crippen LogP contribution is -2.44. The number of aromatic nitrogens is 2. The minimum absolute atomic E-state index is 0.000232. The average Bonchev–Trinajstić information content (AvgIpc) is 3.34. The number of nitrogens with one attached hydrogen (secondary N) is 1. The summed E-state index contributed by atoms with van der Waals surface area (Å²) in [6.07, 6.45) is -1.47. The molecule has 1 aliphatic heterocycles. The molecule has 2 aromatic heterocycles. The Labute approximate surface area is 221 Å². The molecule has 204 valence electrons. The second-order valence-corrected chi connectivity index (χ2v) is 9.06. The number of carbonyl (C=O) groups excluding carboxylic acids is 3. The number of hydrogen-bond donors (Lipinski definition) is 2. The number of imide groups is 1. The second-order valence-electron chi connectivity index (χ2n) is 9.06. The van der Waals surface area contributed by atoms with Crippen molar-refractivity contribution in [2.24, 2.45) is 0 Å². The molecule has 0 aliphatic carbocycles. The molecule has 0 bridgehead atoms. The molecular formula is C27H25F3N4O5. The molecule has 39 heavy (non-hydrogen) atoms. The number of carboxylic acid groups (broad SMARTS) is 1. The Hall–Kier alpha value is -4.48. The fourth-order valence-corrected chi connectivity index (χ4v) is 4.47. The Morgan fingerprint density at radius 2 is 1.74 bits per heavy atom. The van der Waals surface area contributed by atoms with E-state index in [1.165, 1.54) is 41.2 Å².